The van der Waals surface area contributed by atoms with Gasteiger partial charge in [0.15, 0.2) is 0 Å². The molecule has 0 radical (unpaired) electrons. The Bertz CT molecular complexity index is 177. The van der Waals surface area contributed by atoms with Crippen LogP contribution in [0.5, 0.6) is 0 Å². The van der Waals surface area contributed by atoms with Gasteiger partial charge in [0.05, 0.1) is 11.7 Å². The van der Waals surface area contributed by atoms with E-state index in [1.54, 1.807) is 0 Å². The Balaban J connectivity index is 2.42. The molecular weight excluding hydrogens is 150 g/mol. The maximum atomic E-state index is 10.0. The van der Waals surface area contributed by atoms with Crippen molar-refractivity contribution in [2.24, 2.45) is 5.92 Å². The lowest BCUT2D eigenvalue weighted by Gasteiger charge is -2.32. The lowest BCUT2D eigenvalue weighted by Crippen LogP contribution is -2.32. The average Bonchev–Trinajstić information content (AvgIpc) is 2.05. The Labute approximate surface area is 74.2 Å². The summed E-state index contributed by atoms with van der Waals surface area (Å²) in [5, 5.41) is 18.6. The van der Waals surface area contributed by atoms with Crippen LogP contribution in [0.25, 0.3) is 0 Å². The number of nitriles is 1. The first kappa shape index (κ1) is 9.54. The van der Waals surface area contributed by atoms with Crippen LogP contribution in [0.15, 0.2) is 0 Å². The predicted molar refractivity (Wildman–Crippen MR) is 47.4 cm³/mol. The minimum Gasteiger partial charge on any atom is -0.390 e. The lowest BCUT2D eigenvalue weighted by atomic mass is 9.79. The molecule has 0 saturated heterocycles. The zero-order chi connectivity index (χ0) is 9.03. The van der Waals surface area contributed by atoms with Crippen molar-refractivity contribution in [1.82, 2.24) is 0 Å². The maximum Gasteiger partial charge on any atom is 0.0660 e. The summed E-state index contributed by atoms with van der Waals surface area (Å²) < 4.78 is 0. The summed E-state index contributed by atoms with van der Waals surface area (Å²) in [6.45, 7) is 1.88. The van der Waals surface area contributed by atoms with E-state index in [4.69, 9.17) is 5.26 Å². The van der Waals surface area contributed by atoms with Gasteiger partial charge in [0.25, 0.3) is 0 Å². The Morgan fingerprint density at radius 1 is 1.42 bits per heavy atom. The van der Waals surface area contributed by atoms with E-state index < -0.39 is 5.60 Å². The first-order valence-corrected chi connectivity index (χ1v) is 4.78. The second-order valence-corrected chi connectivity index (χ2v) is 4.02. The normalized spacial score (nSPS) is 24.4. The Kier molecular flexibility index (Phi) is 3.11. The summed E-state index contributed by atoms with van der Waals surface area (Å²) in [6.07, 6.45) is 5.91. The van der Waals surface area contributed by atoms with Crippen LogP contribution in [0.1, 0.15) is 45.4 Å². The number of aliphatic hydroxyl groups is 1. The predicted octanol–water partition coefficient (Wildman–Crippen LogP) is 2.23. The fourth-order valence-electron chi connectivity index (χ4n) is 2.03. The molecule has 1 saturated carbocycles. The van der Waals surface area contributed by atoms with E-state index in [9.17, 15) is 5.11 Å². The third kappa shape index (κ3) is 2.49. The van der Waals surface area contributed by atoms with Crippen LogP contribution in [0.2, 0.25) is 0 Å². The molecule has 2 nitrogen and oxygen atoms in total. The van der Waals surface area contributed by atoms with Crippen LogP contribution in [0, 0.1) is 17.2 Å². The highest BCUT2D eigenvalue weighted by Crippen LogP contribution is 2.32. The molecule has 0 aromatic heterocycles. The van der Waals surface area contributed by atoms with E-state index in [1.807, 2.05) is 6.92 Å². The first-order chi connectivity index (χ1) is 5.66. The van der Waals surface area contributed by atoms with Crippen molar-refractivity contribution in [2.75, 3.05) is 0 Å². The largest absolute Gasteiger partial charge is 0.390 e. The highest BCUT2D eigenvalue weighted by atomic mass is 16.3. The average molecular weight is 167 g/mol. The summed E-state index contributed by atoms with van der Waals surface area (Å²) in [6, 6.07) is 2.18. The molecule has 68 valence electrons. The molecular formula is C10H17NO. The van der Waals surface area contributed by atoms with Crippen molar-refractivity contribution in [3.63, 3.8) is 0 Å². The standard InChI is InChI=1S/C10H17NO/c1-9(8-11)7-10(12)5-3-2-4-6-10/h9,12H,2-7H2,1H3. The Hall–Kier alpha value is -0.550. The zero-order valence-corrected chi connectivity index (χ0v) is 7.71. The van der Waals surface area contributed by atoms with E-state index in [1.165, 1.54) is 6.42 Å². The van der Waals surface area contributed by atoms with E-state index in [2.05, 4.69) is 6.07 Å². The lowest BCUT2D eigenvalue weighted by molar-refractivity contribution is -0.0107. The van der Waals surface area contributed by atoms with Crippen molar-refractivity contribution in [2.45, 2.75) is 51.0 Å². The van der Waals surface area contributed by atoms with Gasteiger partial charge >= 0.3 is 0 Å². The summed E-state index contributed by atoms with van der Waals surface area (Å²) >= 11 is 0. The smallest absolute Gasteiger partial charge is 0.0660 e. The molecule has 2 heteroatoms. The van der Waals surface area contributed by atoms with E-state index in [0.717, 1.165) is 25.7 Å². The second kappa shape index (κ2) is 3.91. The van der Waals surface area contributed by atoms with Gasteiger partial charge in [-0.3, -0.25) is 0 Å². The molecule has 12 heavy (non-hydrogen) atoms. The zero-order valence-electron chi connectivity index (χ0n) is 7.71. The quantitative estimate of drug-likeness (QED) is 0.685. The van der Waals surface area contributed by atoms with Gasteiger partial charge in [0.2, 0.25) is 0 Å². The molecule has 1 rings (SSSR count). The van der Waals surface area contributed by atoms with Gasteiger partial charge in [-0.2, -0.15) is 5.26 Å². The van der Waals surface area contributed by atoms with Crippen LogP contribution >= 0.6 is 0 Å². The van der Waals surface area contributed by atoms with Gasteiger partial charge < -0.3 is 5.11 Å². The number of hydrogen-bond acceptors (Lipinski definition) is 2. The van der Waals surface area contributed by atoms with Gasteiger partial charge in [-0.15, -0.1) is 0 Å². The van der Waals surface area contributed by atoms with E-state index in [0.29, 0.717) is 6.42 Å². The van der Waals surface area contributed by atoms with Gasteiger partial charge in [-0.25, -0.2) is 0 Å². The van der Waals surface area contributed by atoms with Crippen LogP contribution < -0.4 is 0 Å². The highest BCUT2D eigenvalue weighted by molar-refractivity contribution is 4.90. The number of rotatable bonds is 2. The summed E-state index contributed by atoms with van der Waals surface area (Å²) in [5.41, 5.74) is -0.520. The minimum absolute atomic E-state index is 0.00639. The third-order valence-corrected chi connectivity index (χ3v) is 2.69. The summed E-state index contributed by atoms with van der Waals surface area (Å²) in [7, 11) is 0. The van der Waals surface area contributed by atoms with E-state index in [-0.39, 0.29) is 5.92 Å². The molecule has 1 fully saturated rings. The fraction of sp³-hybridized carbons (Fsp3) is 0.900. The summed E-state index contributed by atoms with van der Waals surface area (Å²) in [5.74, 6) is -0.00639. The van der Waals surface area contributed by atoms with Crippen molar-refractivity contribution in [3.8, 4) is 6.07 Å². The molecule has 1 atom stereocenters. The van der Waals surface area contributed by atoms with Gasteiger partial charge in [0, 0.05) is 5.92 Å². The fourth-order valence-corrected chi connectivity index (χ4v) is 2.03. The molecule has 0 amide bonds. The van der Waals surface area contributed by atoms with Gasteiger partial charge in [0.1, 0.15) is 0 Å². The maximum absolute atomic E-state index is 10.0. The SMILES string of the molecule is CC(C#N)CC1(O)CCCCC1. The first-order valence-electron chi connectivity index (χ1n) is 4.78. The van der Waals surface area contributed by atoms with Gasteiger partial charge in [-0.05, 0) is 26.2 Å². The molecule has 0 spiro atoms. The van der Waals surface area contributed by atoms with Crippen molar-refractivity contribution < 1.29 is 5.11 Å². The highest BCUT2D eigenvalue weighted by Gasteiger charge is 2.30. The topological polar surface area (TPSA) is 44.0 Å². The molecule has 0 bridgehead atoms. The van der Waals surface area contributed by atoms with Crippen LogP contribution in [-0.4, -0.2) is 10.7 Å². The molecule has 0 aliphatic heterocycles. The molecule has 1 N–H and O–H groups in total. The minimum atomic E-state index is -0.520. The Morgan fingerprint density at radius 2 is 2.00 bits per heavy atom. The second-order valence-electron chi connectivity index (χ2n) is 4.02. The van der Waals surface area contributed by atoms with Crippen LogP contribution in [0.4, 0.5) is 0 Å². The molecule has 1 aliphatic rings. The van der Waals surface area contributed by atoms with Crippen molar-refractivity contribution in [3.05, 3.63) is 0 Å². The molecule has 1 unspecified atom stereocenters. The third-order valence-electron chi connectivity index (χ3n) is 2.69. The van der Waals surface area contributed by atoms with Crippen molar-refractivity contribution >= 4 is 0 Å². The monoisotopic (exact) mass is 167 g/mol. The Morgan fingerprint density at radius 3 is 2.50 bits per heavy atom. The van der Waals surface area contributed by atoms with Crippen LogP contribution in [0.3, 0.4) is 0 Å². The number of hydrogen-bond donors (Lipinski definition) is 1. The molecule has 0 aromatic carbocycles. The van der Waals surface area contributed by atoms with Crippen molar-refractivity contribution in [1.29, 1.82) is 5.26 Å². The summed E-state index contributed by atoms with van der Waals surface area (Å²) in [4.78, 5) is 0. The van der Waals surface area contributed by atoms with Gasteiger partial charge in [-0.1, -0.05) is 19.3 Å². The molecule has 1 aliphatic carbocycles. The van der Waals surface area contributed by atoms with Crippen LogP contribution in [-0.2, 0) is 0 Å². The number of nitrogens with zero attached hydrogens (tertiary/aromatic N) is 1. The molecule has 0 aromatic rings. The van der Waals surface area contributed by atoms with E-state index >= 15 is 0 Å². The molecule has 0 heterocycles.